The zero-order valence-corrected chi connectivity index (χ0v) is 11.5. The van der Waals surface area contributed by atoms with E-state index in [1.54, 1.807) is 5.56 Å². The molecule has 1 aliphatic heterocycles. The molecule has 0 spiro atoms. The fraction of sp³-hybridized carbons (Fsp3) is 0.529. The first-order valence-electron chi connectivity index (χ1n) is 7.78. The summed E-state index contributed by atoms with van der Waals surface area (Å²) in [5.41, 5.74) is 5.92. The lowest BCUT2D eigenvalue weighted by molar-refractivity contribution is 0.412. The van der Waals surface area contributed by atoms with E-state index in [0.717, 1.165) is 0 Å². The second kappa shape index (κ2) is 4.68. The van der Waals surface area contributed by atoms with E-state index in [0.29, 0.717) is 6.04 Å². The topological polar surface area (TPSA) is 27.8 Å². The number of nitrogens with one attached hydrogen (secondary N) is 2. The number of aryl methyl sites for hydroxylation is 2. The summed E-state index contributed by atoms with van der Waals surface area (Å²) in [6.45, 7) is 1.17. The molecule has 2 aromatic rings. The minimum Gasteiger partial charge on any atom is -0.358 e. The molecular weight excluding hydrogens is 232 g/mol. The first-order chi connectivity index (χ1) is 9.42. The number of aromatic amines is 1. The zero-order chi connectivity index (χ0) is 12.7. The van der Waals surface area contributed by atoms with E-state index >= 15 is 0 Å². The number of hydrogen-bond donors (Lipinski definition) is 2. The van der Waals surface area contributed by atoms with Crippen LogP contribution in [0.25, 0.3) is 10.9 Å². The monoisotopic (exact) mass is 254 g/mol. The zero-order valence-electron chi connectivity index (χ0n) is 11.5. The maximum Gasteiger partial charge on any atom is 0.0459 e. The highest BCUT2D eigenvalue weighted by Crippen LogP contribution is 2.32. The Hall–Kier alpha value is -1.28. The van der Waals surface area contributed by atoms with Crippen LogP contribution in [0.15, 0.2) is 18.2 Å². The molecule has 1 saturated heterocycles. The molecule has 4 rings (SSSR count). The van der Waals surface area contributed by atoms with E-state index in [2.05, 4.69) is 28.5 Å². The Kier molecular flexibility index (Phi) is 2.84. The molecule has 1 aliphatic carbocycles. The Morgan fingerprint density at radius 3 is 2.84 bits per heavy atom. The van der Waals surface area contributed by atoms with Gasteiger partial charge in [0.25, 0.3) is 0 Å². The molecule has 100 valence electrons. The fourth-order valence-corrected chi connectivity index (χ4v) is 3.78. The largest absolute Gasteiger partial charge is 0.358 e. The van der Waals surface area contributed by atoms with Gasteiger partial charge in [-0.3, -0.25) is 0 Å². The highest BCUT2D eigenvalue weighted by atomic mass is 14.9. The minimum absolute atomic E-state index is 0.576. The molecular formula is C17H22N2. The van der Waals surface area contributed by atoms with E-state index < -0.39 is 0 Å². The molecule has 1 fully saturated rings. The molecule has 2 heterocycles. The van der Waals surface area contributed by atoms with Crippen LogP contribution in [0.1, 0.15) is 55.0 Å². The summed E-state index contributed by atoms with van der Waals surface area (Å²) >= 11 is 0. The molecule has 0 bridgehead atoms. The lowest BCUT2D eigenvalue weighted by Crippen LogP contribution is -2.26. The van der Waals surface area contributed by atoms with Gasteiger partial charge in [-0.1, -0.05) is 12.5 Å². The molecule has 0 radical (unpaired) electrons. The van der Waals surface area contributed by atoms with Crippen LogP contribution in [0.4, 0.5) is 0 Å². The molecule has 2 heteroatoms. The molecule has 2 aliphatic rings. The van der Waals surface area contributed by atoms with Gasteiger partial charge >= 0.3 is 0 Å². The van der Waals surface area contributed by atoms with E-state index in [9.17, 15) is 0 Å². The normalized spacial score (nSPS) is 23.5. The lowest BCUT2D eigenvalue weighted by Gasteiger charge is -2.24. The van der Waals surface area contributed by atoms with Crippen LogP contribution < -0.4 is 5.32 Å². The van der Waals surface area contributed by atoms with E-state index in [-0.39, 0.29) is 0 Å². The van der Waals surface area contributed by atoms with Crippen molar-refractivity contribution in [1.29, 1.82) is 0 Å². The van der Waals surface area contributed by atoms with Crippen LogP contribution in [-0.2, 0) is 12.8 Å². The van der Waals surface area contributed by atoms with E-state index in [4.69, 9.17) is 0 Å². The predicted molar refractivity (Wildman–Crippen MR) is 79.5 cm³/mol. The van der Waals surface area contributed by atoms with Crippen LogP contribution in [-0.4, -0.2) is 11.5 Å². The van der Waals surface area contributed by atoms with Gasteiger partial charge in [0.2, 0.25) is 0 Å². The Morgan fingerprint density at radius 1 is 1.00 bits per heavy atom. The Bertz CT molecular complexity index is 591. The second-order valence-electron chi connectivity index (χ2n) is 6.10. The maximum atomic E-state index is 3.66. The van der Waals surface area contributed by atoms with Crippen molar-refractivity contribution >= 4 is 10.9 Å². The quantitative estimate of drug-likeness (QED) is 0.794. The highest BCUT2D eigenvalue weighted by molar-refractivity contribution is 5.85. The molecule has 0 saturated carbocycles. The van der Waals surface area contributed by atoms with Crippen molar-refractivity contribution in [2.45, 2.75) is 51.0 Å². The standard InChI is InChI=1S/C17H22N2/c1-2-7-16-13(5-1)14-11-12(8-9-17(14)19-16)15-6-3-4-10-18-15/h8-9,11,15,18-19H,1-7,10H2. The van der Waals surface area contributed by atoms with Gasteiger partial charge < -0.3 is 10.3 Å². The molecule has 2 nitrogen and oxygen atoms in total. The maximum absolute atomic E-state index is 3.66. The summed E-state index contributed by atoms with van der Waals surface area (Å²) in [5.74, 6) is 0. The minimum atomic E-state index is 0.576. The number of hydrogen-bond acceptors (Lipinski definition) is 1. The second-order valence-corrected chi connectivity index (χ2v) is 6.10. The summed E-state index contributed by atoms with van der Waals surface area (Å²) in [7, 11) is 0. The molecule has 2 N–H and O–H groups in total. The summed E-state index contributed by atoms with van der Waals surface area (Å²) in [6.07, 6.45) is 9.18. The van der Waals surface area contributed by atoms with Crippen LogP contribution in [0.5, 0.6) is 0 Å². The predicted octanol–water partition coefficient (Wildman–Crippen LogP) is 3.86. The van der Waals surface area contributed by atoms with Crippen molar-refractivity contribution in [3.63, 3.8) is 0 Å². The third-order valence-corrected chi connectivity index (χ3v) is 4.83. The molecule has 1 unspecified atom stereocenters. The Morgan fingerprint density at radius 2 is 1.95 bits per heavy atom. The highest BCUT2D eigenvalue weighted by Gasteiger charge is 2.18. The summed E-state index contributed by atoms with van der Waals surface area (Å²) < 4.78 is 0. The lowest BCUT2D eigenvalue weighted by atomic mass is 9.93. The van der Waals surface area contributed by atoms with Crippen molar-refractivity contribution in [3.8, 4) is 0 Å². The summed E-state index contributed by atoms with van der Waals surface area (Å²) in [5, 5.41) is 5.15. The number of benzene rings is 1. The van der Waals surface area contributed by atoms with Gasteiger partial charge in [-0.15, -0.1) is 0 Å². The fourth-order valence-electron chi connectivity index (χ4n) is 3.78. The third kappa shape index (κ3) is 1.99. The average molecular weight is 254 g/mol. The van der Waals surface area contributed by atoms with Gasteiger partial charge in [0, 0.05) is 22.6 Å². The first-order valence-corrected chi connectivity index (χ1v) is 7.78. The number of piperidine rings is 1. The number of aromatic nitrogens is 1. The van der Waals surface area contributed by atoms with Gasteiger partial charge in [-0.05, 0) is 68.3 Å². The van der Waals surface area contributed by atoms with Crippen LogP contribution in [0.3, 0.4) is 0 Å². The van der Waals surface area contributed by atoms with Crippen molar-refractivity contribution in [2.75, 3.05) is 6.54 Å². The number of rotatable bonds is 1. The van der Waals surface area contributed by atoms with Gasteiger partial charge in [0.15, 0.2) is 0 Å². The van der Waals surface area contributed by atoms with Gasteiger partial charge in [0.05, 0.1) is 0 Å². The van der Waals surface area contributed by atoms with Crippen molar-refractivity contribution < 1.29 is 0 Å². The molecule has 19 heavy (non-hydrogen) atoms. The third-order valence-electron chi connectivity index (χ3n) is 4.83. The van der Waals surface area contributed by atoms with Crippen LogP contribution >= 0.6 is 0 Å². The number of fused-ring (bicyclic) bond motifs is 3. The van der Waals surface area contributed by atoms with Gasteiger partial charge in [-0.2, -0.15) is 0 Å². The van der Waals surface area contributed by atoms with E-state index in [1.165, 1.54) is 73.7 Å². The van der Waals surface area contributed by atoms with Gasteiger partial charge in [0.1, 0.15) is 0 Å². The molecule has 1 atom stereocenters. The molecule has 0 amide bonds. The molecule has 1 aromatic carbocycles. The van der Waals surface area contributed by atoms with Crippen LogP contribution in [0.2, 0.25) is 0 Å². The SMILES string of the molecule is c1cc2[nH]c3c(c2cc1C1CCCCN1)CCCC3. The van der Waals surface area contributed by atoms with Crippen molar-refractivity contribution in [1.82, 2.24) is 10.3 Å². The smallest absolute Gasteiger partial charge is 0.0459 e. The Balaban J connectivity index is 1.77. The molecule has 1 aromatic heterocycles. The summed E-state index contributed by atoms with van der Waals surface area (Å²) in [4.78, 5) is 3.63. The van der Waals surface area contributed by atoms with Crippen LogP contribution in [0, 0.1) is 0 Å². The first kappa shape index (κ1) is 11.5. The Labute approximate surface area is 114 Å². The number of H-pyrrole nitrogens is 1. The average Bonchev–Trinajstić information content (AvgIpc) is 2.86. The van der Waals surface area contributed by atoms with Gasteiger partial charge in [-0.25, -0.2) is 0 Å². The van der Waals surface area contributed by atoms with Crippen molar-refractivity contribution in [2.24, 2.45) is 0 Å². The van der Waals surface area contributed by atoms with Crippen molar-refractivity contribution in [3.05, 3.63) is 35.0 Å². The summed E-state index contributed by atoms with van der Waals surface area (Å²) in [6, 6.07) is 7.62. The van der Waals surface area contributed by atoms with E-state index in [1.807, 2.05) is 0 Å².